The van der Waals surface area contributed by atoms with Crippen molar-refractivity contribution in [2.75, 3.05) is 18.5 Å². The highest BCUT2D eigenvalue weighted by Crippen LogP contribution is 2.23. The number of rotatable bonds is 9. The number of halogens is 1. The molecule has 0 atom stereocenters. The van der Waals surface area contributed by atoms with Crippen LogP contribution in [0, 0.1) is 6.92 Å². The zero-order valence-corrected chi connectivity index (χ0v) is 18.1. The van der Waals surface area contributed by atoms with Gasteiger partial charge in [0.15, 0.2) is 0 Å². The van der Waals surface area contributed by atoms with Gasteiger partial charge in [-0.1, -0.05) is 29.3 Å². The van der Waals surface area contributed by atoms with Crippen LogP contribution in [0.25, 0.3) is 0 Å². The third-order valence-electron chi connectivity index (χ3n) is 3.98. The van der Waals surface area contributed by atoms with E-state index in [0.29, 0.717) is 30.2 Å². The molecular formula is C22H27ClN4O3. The maximum atomic E-state index is 11.9. The number of hydrogen-bond donors (Lipinski definition) is 3. The summed E-state index contributed by atoms with van der Waals surface area (Å²) in [4.78, 5) is 23.7. The number of hydrogen-bond acceptors (Lipinski definition) is 5. The molecule has 2 amide bonds. The van der Waals surface area contributed by atoms with Crippen LogP contribution in [0.15, 0.2) is 47.6 Å². The Hall–Kier alpha value is -2.90. The zero-order valence-electron chi connectivity index (χ0n) is 17.4. The maximum absolute atomic E-state index is 11.9. The van der Waals surface area contributed by atoms with Crippen molar-refractivity contribution in [1.82, 2.24) is 10.7 Å². The second-order valence-corrected chi connectivity index (χ2v) is 7.39. The highest BCUT2D eigenvalue weighted by Gasteiger charge is 2.11. The first-order chi connectivity index (χ1) is 14.3. The van der Waals surface area contributed by atoms with E-state index in [2.05, 4.69) is 21.2 Å². The number of amides is 2. The van der Waals surface area contributed by atoms with E-state index in [4.69, 9.17) is 16.3 Å². The fourth-order valence-corrected chi connectivity index (χ4v) is 2.61. The van der Waals surface area contributed by atoms with Gasteiger partial charge in [0.05, 0.1) is 12.3 Å². The van der Waals surface area contributed by atoms with Gasteiger partial charge in [-0.3, -0.25) is 9.59 Å². The van der Waals surface area contributed by atoms with Crippen LogP contribution < -0.4 is 16.1 Å². The second-order valence-electron chi connectivity index (χ2n) is 6.95. The summed E-state index contributed by atoms with van der Waals surface area (Å²) in [5, 5.41) is 10.2. The van der Waals surface area contributed by atoms with Crippen LogP contribution in [-0.4, -0.2) is 37.3 Å². The topological polar surface area (TPSA) is 91.8 Å². The smallest absolute Gasteiger partial charge is 0.329 e. The Balaban J connectivity index is 1.90. The van der Waals surface area contributed by atoms with Crippen LogP contribution >= 0.6 is 11.6 Å². The lowest BCUT2D eigenvalue weighted by Crippen LogP contribution is -2.38. The number of benzene rings is 2. The van der Waals surface area contributed by atoms with Crippen LogP contribution in [0.5, 0.6) is 0 Å². The highest BCUT2D eigenvalue weighted by molar-refractivity contribution is 6.35. The number of carbonyl (C=O) groups is 2. The Morgan fingerprint density at radius 3 is 2.57 bits per heavy atom. The zero-order chi connectivity index (χ0) is 21.9. The lowest BCUT2D eigenvalue weighted by atomic mass is 10.1. The van der Waals surface area contributed by atoms with Crippen LogP contribution in [-0.2, 0) is 14.3 Å². The van der Waals surface area contributed by atoms with Gasteiger partial charge < -0.3 is 15.4 Å². The van der Waals surface area contributed by atoms with E-state index < -0.39 is 11.8 Å². The largest absolute Gasteiger partial charge is 0.379 e. The quantitative estimate of drug-likeness (QED) is 0.244. The molecule has 0 saturated carbocycles. The molecule has 3 N–H and O–H groups in total. The van der Waals surface area contributed by atoms with Crippen molar-refractivity contribution in [1.29, 1.82) is 0 Å². The highest BCUT2D eigenvalue weighted by atomic mass is 35.5. The van der Waals surface area contributed by atoms with Crippen LogP contribution in [0.4, 0.5) is 11.4 Å². The number of ether oxygens (including phenoxy) is 1. The summed E-state index contributed by atoms with van der Waals surface area (Å²) in [6, 6.07) is 13.2. The van der Waals surface area contributed by atoms with E-state index in [1.165, 1.54) is 6.21 Å². The van der Waals surface area contributed by atoms with Gasteiger partial charge in [0, 0.05) is 35.1 Å². The maximum Gasteiger partial charge on any atom is 0.329 e. The fourth-order valence-electron chi connectivity index (χ4n) is 2.43. The molecule has 0 fully saturated rings. The Bertz CT molecular complexity index is 882. The van der Waals surface area contributed by atoms with E-state index in [0.717, 1.165) is 16.9 Å². The summed E-state index contributed by atoms with van der Waals surface area (Å²) in [6.07, 6.45) is 2.19. The Morgan fingerprint density at radius 1 is 1.13 bits per heavy atom. The third kappa shape index (κ3) is 8.23. The molecule has 0 aliphatic carbocycles. The minimum atomic E-state index is -0.842. The van der Waals surface area contributed by atoms with Gasteiger partial charge in [-0.05, 0) is 57.5 Å². The van der Waals surface area contributed by atoms with Gasteiger partial charge in [-0.15, -0.1) is 0 Å². The van der Waals surface area contributed by atoms with Crippen molar-refractivity contribution in [2.45, 2.75) is 33.3 Å². The van der Waals surface area contributed by atoms with E-state index in [9.17, 15) is 9.59 Å². The van der Waals surface area contributed by atoms with Gasteiger partial charge in [0.1, 0.15) is 0 Å². The normalized spacial score (nSPS) is 11.0. The molecule has 0 aromatic heterocycles. The third-order valence-corrected chi connectivity index (χ3v) is 4.21. The lowest BCUT2D eigenvalue weighted by Gasteiger charge is -2.10. The Labute approximate surface area is 181 Å². The molecule has 30 heavy (non-hydrogen) atoms. The molecule has 7 nitrogen and oxygen atoms in total. The molecule has 0 radical (unpaired) electrons. The van der Waals surface area contributed by atoms with Crippen molar-refractivity contribution in [3.63, 3.8) is 0 Å². The molecule has 0 unspecified atom stereocenters. The molecule has 0 aliphatic rings. The first-order valence-corrected chi connectivity index (χ1v) is 10.1. The number of aryl methyl sites for hydroxylation is 1. The standard InChI is InChI=1S/C22H27ClN4O3/c1-15(2)30-12-4-11-24-21(28)22(29)27-25-14-17-13-18(23)7-10-20(17)26-19-8-5-16(3)6-9-19/h5-10,13-15,26H,4,11-12H2,1-3H3,(H,24,28)(H,27,29)/b25-14-. The van der Waals surface area contributed by atoms with Crippen LogP contribution in [0.1, 0.15) is 31.4 Å². The van der Waals surface area contributed by atoms with Gasteiger partial charge in [0.2, 0.25) is 0 Å². The molecule has 2 rings (SSSR count). The summed E-state index contributed by atoms with van der Waals surface area (Å²) < 4.78 is 5.38. The average Bonchev–Trinajstić information content (AvgIpc) is 2.70. The number of hydrazone groups is 1. The van der Waals surface area contributed by atoms with E-state index >= 15 is 0 Å². The van der Waals surface area contributed by atoms with Gasteiger partial charge in [-0.25, -0.2) is 5.43 Å². The Kier molecular flexibility index (Phi) is 9.31. The van der Waals surface area contributed by atoms with Crippen molar-refractivity contribution in [3.05, 3.63) is 58.6 Å². The Morgan fingerprint density at radius 2 is 1.87 bits per heavy atom. The van der Waals surface area contributed by atoms with Crippen LogP contribution in [0.2, 0.25) is 5.02 Å². The van der Waals surface area contributed by atoms with Crippen molar-refractivity contribution in [2.24, 2.45) is 5.10 Å². The number of nitrogens with one attached hydrogen (secondary N) is 3. The number of nitrogens with zero attached hydrogens (tertiary/aromatic N) is 1. The summed E-state index contributed by atoms with van der Waals surface area (Å²) in [5.74, 6) is -1.59. The lowest BCUT2D eigenvalue weighted by molar-refractivity contribution is -0.139. The molecule has 2 aromatic carbocycles. The molecule has 8 heteroatoms. The van der Waals surface area contributed by atoms with Gasteiger partial charge in [0.25, 0.3) is 0 Å². The van der Waals surface area contributed by atoms with E-state index in [1.54, 1.807) is 12.1 Å². The van der Waals surface area contributed by atoms with Crippen LogP contribution in [0.3, 0.4) is 0 Å². The summed E-state index contributed by atoms with van der Waals surface area (Å²) >= 11 is 6.08. The van der Waals surface area contributed by atoms with Gasteiger partial charge in [-0.2, -0.15) is 5.10 Å². The van der Waals surface area contributed by atoms with E-state index in [1.807, 2.05) is 51.1 Å². The van der Waals surface area contributed by atoms with Crippen molar-refractivity contribution in [3.8, 4) is 0 Å². The predicted molar refractivity (Wildman–Crippen MR) is 120 cm³/mol. The predicted octanol–water partition coefficient (Wildman–Crippen LogP) is 3.77. The molecule has 0 saturated heterocycles. The number of carbonyl (C=O) groups excluding carboxylic acids is 2. The molecule has 0 spiro atoms. The number of anilines is 2. The average molecular weight is 431 g/mol. The van der Waals surface area contributed by atoms with Crippen molar-refractivity contribution >= 4 is 41.0 Å². The minimum absolute atomic E-state index is 0.134. The summed E-state index contributed by atoms with van der Waals surface area (Å²) in [6.45, 7) is 6.75. The fraction of sp³-hybridized carbons (Fsp3) is 0.318. The summed E-state index contributed by atoms with van der Waals surface area (Å²) in [7, 11) is 0. The second kappa shape index (κ2) is 11.9. The first-order valence-electron chi connectivity index (χ1n) is 9.71. The molecular weight excluding hydrogens is 404 g/mol. The van der Waals surface area contributed by atoms with Gasteiger partial charge >= 0.3 is 11.8 Å². The van der Waals surface area contributed by atoms with E-state index in [-0.39, 0.29) is 6.10 Å². The summed E-state index contributed by atoms with van der Waals surface area (Å²) in [5.41, 5.74) is 5.71. The molecule has 2 aromatic rings. The molecule has 0 heterocycles. The molecule has 160 valence electrons. The van der Waals surface area contributed by atoms with Crippen molar-refractivity contribution < 1.29 is 14.3 Å². The SMILES string of the molecule is Cc1ccc(Nc2ccc(Cl)cc2/C=N\NC(=O)C(=O)NCCCOC(C)C)cc1. The first kappa shape index (κ1) is 23.4. The monoisotopic (exact) mass is 430 g/mol. The molecule has 0 bridgehead atoms. The minimum Gasteiger partial charge on any atom is -0.379 e. The molecule has 0 aliphatic heterocycles.